The zero-order valence-electron chi connectivity index (χ0n) is 12.1. The van der Waals surface area contributed by atoms with E-state index in [4.69, 9.17) is 0 Å². The van der Waals surface area contributed by atoms with E-state index in [1.54, 1.807) is 21.7 Å². The van der Waals surface area contributed by atoms with Gasteiger partial charge in [-0.1, -0.05) is 24.3 Å². The molecule has 0 saturated heterocycles. The van der Waals surface area contributed by atoms with Gasteiger partial charge in [0.2, 0.25) is 0 Å². The number of nitrogens with zero attached hydrogens (tertiary/aromatic N) is 2. The molecule has 0 radical (unpaired) electrons. The van der Waals surface area contributed by atoms with Crippen molar-refractivity contribution < 1.29 is 4.79 Å². The Morgan fingerprint density at radius 2 is 2.33 bits per heavy atom. The van der Waals surface area contributed by atoms with Crippen LogP contribution in [0.15, 0.2) is 35.2 Å². The second-order valence-corrected chi connectivity index (χ2v) is 6.15. The molecule has 0 bridgehead atoms. The number of amides is 2. The Kier molecular flexibility index (Phi) is 4.20. The molecule has 5 heteroatoms. The molecular weight excluding hydrogens is 282 g/mol. The molecule has 4 nitrogen and oxygen atoms in total. The van der Waals surface area contributed by atoms with Crippen molar-refractivity contribution in [2.45, 2.75) is 31.8 Å². The summed E-state index contributed by atoms with van der Waals surface area (Å²) in [5, 5.41) is 5.12. The quantitative estimate of drug-likeness (QED) is 0.945. The average Bonchev–Trinajstić information content (AvgIpc) is 3.00. The van der Waals surface area contributed by atoms with E-state index in [1.807, 2.05) is 18.5 Å². The van der Waals surface area contributed by atoms with Crippen molar-refractivity contribution in [2.24, 2.45) is 0 Å². The van der Waals surface area contributed by atoms with E-state index in [2.05, 4.69) is 28.5 Å². The molecule has 1 aromatic heterocycles. The van der Waals surface area contributed by atoms with Crippen LogP contribution < -0.4 is 5.32 Å². The third-order valence-electron chi connectivity index (χ3n) is 3.90. The van der Waals surface area contributed by atoms with Crippen molar-refractivity contribution in [2.75, 3.05) is 7.05 Å². The number of carbonyl (C=O) groups excluding carboxylic acids is 1. The summed E-state index contributed by atoms with van der Waals surface area (Å²) in [5.74, 6) is 0. The standard InChI is InChI=1S/C16H19N3OS/c1-19(9-13-10-21-11-17-13)16(20)18-15-8-4-6-12-5-2-3-7-14(12)15/h2-3,5,7,10-11,15H,4,6,8-9H2,1H3,(H,18,20)/t15-/m0/s1. The highest BCUT2D eigenvalue weighted by Gasteiger charge is 2.22. The molecule has 21 heavy (non-hydrogen) atoms. The van der Waals surface area contributed by atoms with E-state index in [0.717, 1.165) is 25.0 Å². The van der Waals surface area contributed by atoms with Gasteiger partial charge in [0.05, 0.1) is 23.8 Å². The van der Waals surface area contributed by atoms with Gasteiger partial charge in [-0.05, 0) is 30.4 Å². The van der Waals surface area contributed by atoms with Crippen LogP contribution in [0.4, 0.5) is 4.79 Å². The summed E-state index contributed by atoms with van der Waals surface area (Å²) in [6.07, 6.45) is 3.24. The molecule has 2 amide bonds. The SMILES string of the molecule is CN(Cc1cscn1)C(=O)N[C@H]1CCCc2ccccc21. The number of fused-ring (bicyclic) bond motifs is 1. The van der Waals surface area contributed by atoms with Crippen LogP contribution in [0, 0.1) is 0 Å². The largest absolute Gasteiger partial charge is 0.331 e. The molecule has 0 unspecified atom stereocenters. The van der Waals surface area contributed by atoms with E-state index >= 15 is 0 Å². The Labute approximate surface area is 128 Å². The monoisotopic (exact) mass is 301 g/mol. The zero-order valence-corrected chi connectivity index (χ0v) is 12.9. The van der Waals surface area contributed by atoms with E-state index in [1.165, 1.54) is 11.1 Å². The van der Waals surface area contributed by atoms with E-state index in [-0.39, 0.29) is 12.1 Å². The van der Waals surface area contributed by atoms with Crippen LogP contribution in [0.25, 0.3) is 0 Å². The molecule has 1 aliphatic carbocycles. The lowest BCUT2D eigenvalue weighted by Crippen LogP contribution is -2.40. The first kappa shape index (κ1) is 14.1. The van der Waals surface area contributed by atoms with E-state index in [9.17, 15) is 4.79 Å². The lowest BCUT2D eigenvalue weighted by atomic mass is 9.88. The molecule has 1 aliphatic rings. The highest BCUT2D eigenvalue weighted by atomic mass is 32.1. The van der Waals surface area contributed by atoms with Crippen molar-refractivity contribution >= 4 is 17.4 Å². The predicted octanol–water partition coefficient (Wildman–Crippen LogP) is 3.36. The molecule has 0 saturated carbocycles. The molecule has 2 aromatic rings. The fraction of sp³-hybridized carbons (Fsp3) is 0.375. The first-order valence-electron chi connectivity index (χ1n) is 7.20. The van der Waals surface area contributed by atoms with E-state index < -0.39 is 0 Å². The molecule has 3 rings (SSSR count). The van der Waals surface area contributed by atoms with Gasteiger partial charge in [-0.3, -0.25) is 0 Å². The summed E-state index contributed by atoms with van der Waals surface area (Å²) < 4.78 is 0. The number of aromatic nitrogens is 1. The maximum Gasteiger partial charge on any atom is 0.317 e. The average molecular weight is 301 g/mol. The Morgan fingerprint density at radius 1 is 1.48 bits per heavy atom. The van der Waals surface area contributed by atoms with Gasteiger partial charge < -0.3 is 10.2 Å². The van der Waals surface area contributed by atoms with Gasteiger partial charge in [-0.25, -0.2) is 9.78 Å². The van der Waals surface area contributed by atoms with Crippen molar-refractivity contribution in [3.05, 3.63) is 52.0 Å². The van der Waals surface area contributed by atoms with Crippen LogP contribution in [-0.2, 0) is 13.0 Å². The summed E-state index contributed by atoms with van der Waals surface area (Å²) in [5.41, 5.74) is 5.34. The highest BCUT2D eigenvalue weighted by molar-refractivity contribution is 7.07. The molecule has 1 heterocycles. The Morgan fingerprint density at radius 3 is 3.14 bits per heavy atom. The normalized spacial score (nSPS) is 17.1. The fourth-order valence-electron chi connectivity index (χ4n) is 2.79. The number of carbonyl (C=O) groups is 1. The van der Waals surface area contributed by atoms with Gasteiger partial charge in [0.1, 0.15) is 0 Å². The molecule has 110 valence electrons. The molecule has 0 aliphatic heterocycles. The number of rotatable bonds is 3. The van der Waals surface area contributed by atoms with Crippen molar-refractivity contribution in [1.29, 1.82) is 0 Å². The minimum absolute atomic E-state index is 0.0373. The lowest BCUT2D eigenvalue weighted by Gasteiger charge is -2.28. The molecule has 1 atom stereocenters. The maximum absolute atomic E-state index is 12.3. The third-order valence-corrected chi connectivity index (χ3v) is 4.53. The van der Waals surface area contributed by atoms with Crippen molar-refractivity contribution in [3.8, 4) is 0 Å². The smallest absolute Gasteiger partial charge is 0.317 e. The van der Waals surface area contributed by atoms with Crippen LogP contribution in [0.5, 0.6) is 0 Å². The summed E-state index contributed by atoms with van der Waals surface area (Å²) in [7, 11) is 1.81. The molecular formula is C16H19N3OS. The maximum atomic E-state index is 12.3. The summed E-state index contributed by atoms with van der Waals surface area (Å²) in [4.78, 5) is 18.2. The summed E-state index contributed by atoms with van der Waals surface area (Å²) in [6, 6.07) is 8.48. The summed E-state index contributed by atoms with van der Waals surface area (Å²) in [6.45, 7) is 0.545. The molecule has 0 fully saturated rings. The molecule has 1 aromatic carbocycles. The second-order valence-electron chi connectivity index (χ2n) is 5.43. The number of hydrogen-bond acceptors (Lipinski definition) is 3. The van der Waals surface area contributed by atoms with Gasteiger partial charge in [0, 0.05) is 12.4 Å². The second kappa shape index (κ2) is 6.26. The van der Waals surface area contributed by atoms with Crippen LogP contribution in [0.3, 0.4) is 0 Å². The van der Waals surface area contributed by atoms with Crippen LogP contribution in [-0.4, -0.2) is 23.0 Å². The zero-order chi connectivity index (χ0) is 14.7. The Bertz CT molecular complexity index is 612. The number of aryl methyl sites for hydroxylation is 1. The fourth-order valence-corrected chi connectivity index (χ4v) is 3.34. The number of hydrogen-bond donors (Lipinski definition) is 1. The molecule has 0 spiro atoms. The first-order valence-corrected chi connectivity index (χ1v) is 8.15. The van der Waals surface area contributed by atoms with Gasteiger partial charge in [-0.15, -0.1) is 11.3 Å². The number of urea groups is 1. The summed E-state index contributed by atoms with van der Waals surface area (Å²) >= 11 is 1.55. The van der Waals surface area contributed by atoms with Crippen LogP contribution in [0.1, 0.15) is 35.7 Å². The van der Waals surface area contributed by atoms with Gasteiger partial charge in [0.25, 0.3) is 0 Å². The minimum Gasteiger partial charge on any atom is -0.331 e. The predicted molar refractivity (Wildman–Crippen MR) is 84.2 cm³/mol. The minimum atomic E-state index is -0.0373. The van der Waals surface area contributed by atoms with Gasteiger partial charge in [-0.2, -0.15) is 0 Å². The van der Waals surface area contributed by atoms with Gasteiger partial charge in [0.15, 0.2) is 0 Å². The number of benzene rings is 1. The Balaban J connectivity index is 1.65. The van der Waals surface area contributed by atoms with Crippen LogP contribution >= 0.6 is 11.3 Å². The van der Waals surface area contributed by atoms with Crippen molar-refractivity contribution in [1.82, 2.24) is 15.2 Å². The first-order chi connectivity index (χ1) is 10.2. The van der Waals surface area contributed by atoms with Crippen molar-refractivity contribution in [3.63, 3.8) is 0 Å². The Hall–Kier alpha value is -1.88. The van der Waals surface area contributed by atoms with E-state index in [0.29, 0.717) is 6.54 Å². The van der Waals surface area contributed by atoms with Crippen LogP contribution in [0.2, 0.25) is 0 Å². The topological polar surface area (TPSA) is 45.2 Å². The highest BCUT2D eigenvalue weighted by Crippen LogP contribution is 2.29. The van der Waals surface area contributed by atoms with Gasteiger partial charge >= 0.3 is 6.03 Å². The third kappa shape index (κ3) is 3.24. The lowest BCUT2D eigenvalue weighted by molar-refractivity contribution is 0.200. The number of thiazole rings is 1. The number of nitrogens with one attached hydrogen (secondary N) is 1. The molecule has 1 N–H and O–H groups in total.